The van der Waals surface area contributed by atoms with Gasteiger partial charge >= 0.3 is 6.09 Å². The molecule has 1 atom stereocenters. The second-order valence-electron chi connectivity index (χ2n) is 7.43. The number of nitrogens with zero attached hydrogens (tertiary/aromatic N) is 3. The van der Waals surface area contributed by atoms with Crippen molar-refractivity contribution >= 4 is 11.8 Å². The number of nitro groups is 1. The maximum atomic E-state index is 13.0. The molecule has 1 aromatic carbocycles. The second kappa shape index (κ2) is 9.37. The van der Waals surface area contributed by atoms with Gasteiger partial charge in [0.05, 0.1) is 36.6 Å². The maximum Gasteiger partial charge on any atom is 0.407 e. The molecule has 9 nitrogen and oxygen atoms in total. The van der Waals surface area contributed by atoms with Gasteiger partial charge in [-0.25, -0.2) is 19.2 Å². The molecule has 0 fully saturated rings. The molecule has 2 aromatic rings. The first kappa shape index (κ1) is 22.2. The molecule has 0 aliphatic heterocycles. The molecular weight excluding hydrogens is 383 g/mol. The van der Waals surface area contributed by atoms with Crippen LogP contribution in [-0.4, -0.2) is 39.2 Å². The third kappa shape index (κ3) is 7.41. The van der Waals surface area contributed by atoms with E-state index in [1.165, 1.54) is 12.1 Å². The summed E-state index contributed by atoms with van der Waals surface area (Å²) in [6.07, 6.45) is 1.42. The molecule has 0 saturated carbocycles. The first-order valence-electron chi connectivity index (χ1n) is 8.87. The molecule has 1 heterocycles. The van der Waals surface area contributed by atoms with Gasteiger partial charge in [0.1, 0.15) is 5.60 Å². The Kier molecular flexibility index (Phi) is 7.16. The minimum atomic E-state index is -0.605. The van der Waals surface area contributed by atoms with E-state index in [9.17, 15) is 19.3 Å². The lowest BCUT2D eigenvalue weighted by atomic mass is 10.1. The summed E-state index contributed by atoms with van der Waals surface area (Å²) in [6, 6.07) is 3.98. The number of benzene rings is 1. The first-order chi connectivity index (χ1) is 13.5. The molecule has 156 valence electrons. The van der Waals surface area contributed by atoms with Crippen molar-refractivity contribution in [3.05, 3.63) is 52.1 Å². The molecule has 0 saturated heterocycles. The van der Waals surface area contributed by atoms with E-state index >= 15 is 0 Å². The van der Waals surface area contributed by atoms with Gasteiger partial charge < -0.3 is 14.8 Å². The fraction of sp³-hybridized carbons (Fsp3) is 0.421. The summed E-state index contributed by atoms with van der Waals surface area (Å²) in [5.74, 6) is -0.439. The Morgan fingerprint density at radius 1 is 1.28 bits per heavy atom. The van der Waals surface area contributed by atoms with Gasteiger partial charge in [-0.05, 0) is 39.3 Å². The summed E-state index contributed by atoms with van der Waals surface area (Å²) in [6.45, 7) is 7.27. The predicted octanol–water partition coefficient (Wildman–Crippen LogP) is 3.62. The number of non-ortho nitro benzene ring substituents is 1. The molecule has 1 aromatic heterocycles. The molecule has 0 spiro atoms. The zero-order valence-electron chi connectivity index (χ0n) is 16.6. The van der Waals surface area contributed by atoms with E-state index in [0.29, 0.717) is 11.1 Å². The third-order valence-corrected chi connectivity index (χ3v) is 3.47. The van der Waals surface area contributed by atoms with Crippen LogP contribution in [0.25, 0.3) is 11.4 Å². The van der Waals surface area contributed by atoms with Gasteiger partial charge in [-0.2, -0.15) is 0 Å². The summed E-state index contributed by atoms with van der Waals surface area (Å²) < 4.78 is 23.8. The number of aromatic nitrogens is 2. The summed E-state index contributed by atoms with van der Waals surface area (Å²) in [5, 5.41) is 13.9. The zero-order chi connectivity index (χ0) is 21.6. The number of carbonyl (C=O) groups is 1. The number of nitrogens with one attached hydrogen (secondary N) is 1. The van der Waals surface area contributed by atoms with Crippen LogP contribution in [0.15, 0.2) is 30.6 Å². The van der Waals surface area contributed by atoms with Crippen molar-refractivity contribution in [2.75, 3.05) is 6.61 Å². The number of carbonyl (C=O) groups excluding carboxylic acids is 1. The van der Waals surface area contributed by atoms with Gasteiger partial charge in [0, 0.05) is 17.7 Å². The van der Waals surface area contributed by atoms with Crippen LogP contribution in [0.1, 0.15) is 33.3 Å². The predicted molar refractivity (Wildman–Crippen MR) is 103 cm³/mol. The standard InChI is InChI=1S/C19H23FN4O5/c1-12(23-18(25)29-19(2,3)4)10-28-11-13-5-14(7-16(6-13)24(26)27)17-21-8-15(20)9-22-17/h5-9,12H,10-11H2,1-4H3,(H,23,25)/t12-/m1/s1. The highest BCUT2D eigenvalue weighted by molar-refractivity contribution is 5.68. The highest BCUT2D eigenvalue weighted by Gasteiger charge is 2.18. The Morgan fingerprint density at radius 2 is 1.93 bits per heavy atom. The molecule has 1 amide bonds. The Bertz CT molecular complexity index is 868. The summed E-state index contributed by atoms with van der Waals surface area (Å²) in [4.78, 5) is 30.1. The number of hydrogen-bond donors (Lipinski definition) is 1. The molecular formula is C19H23FN4O5. The largest absolute Gasteiger partial charge is 0.444 e. The molecule has 0 aliphatic carbocycles. The van der Waals surface area contributed by atoms with Crippen LogP contribution in [-0.2, 0) is 16.1 Å². The van der Waals surface area contributed by atoms with Gasteiger partial charge in [-0.15, -0.1) is 0 Å². The maximum absolute atomic E-state index is 13.0. The average Bonchev–Trinajstić information content (AvgIpc) is 2.60. The molecule has 0 bridgehead atoms. The number of nitro benzene ring substituents is 1. The van der Waals surface area contributed by atoms with Crippen LogP contribution >= 0.6 is 0 Å². The topological polar surface area (TPSA) is 116 Å². The molecule has 10 heteroatoms. The van der Waals surface area contributed by atoms with Gasteiger partial charge in [-0.3, -0.25) is 10.1 Å². The van der Waals surface area contributed by atoms with E-state index in [4.69, 9.17) is 9.47 Å². The highest BCUT2D eigenvalue weighted by Crippen LogP contribution is 2.24. The molecule has 0 aliphatic rings. The first-order valence-corrected chi connectivity index (χ1v) is 8.87. The lowest BCUT2D eigenvalue weighted by Gasteiger charge is -2.22. The van der Waals surface area contributed by atoms with Crippen LogP contribution in [0, 0.1) is 15.9 Å². The summed E-state index contributed by atoms with van der Waals surface area (Å²) >= 11 is 0. The van der Waals surface area contributed by atoms with Crippen LogP contribution in [0.5, 0.6) is 0 Å². The monoisotopic (exact) mass is 406 g/mol. The van der Waals surface area contributed by atoms with Crippen molar-refractivity contribution < 1.29 is 23.6 Å². The molecule has 2 rings (SSSR count). The van der Waals surface area contributed by atoms with Crippen LogP contribution in [0.4, 0.5) is 14.9 Å². The number of halogens is 1. The van der Waals surface area contributed by atoms with Crippen molar-refractivity contribution in [1.82, 2.24) is 15.3 Å². The Balaban J connectivity index is 2.02. The van der Waals surface area contributed by atoms with E-state index in [0.717, 1.165) is 12.4 Å². The number of amides is 1. The van der Waals surface area contributed by atoms with Crippen molar-refractivity contribution in [2.45, 2.75) is 45.9 Å². The zero-order valence-corrected chi connectivity index (χ0v) is 16.6. The fourth-order valence-electron chi connectivity index (χ4n) is 2.36. The van der Waals surface area contributed by atoms with Crippen molar-refractivity contribution in [3.8, 4) is 11.4 Å². The SMILES string of the molecule is C[C@H](COCc1cc(-c2ncc(F)cn2)cc([N+](=O)[O-])c1)NC(=O)OC(C)(C)C. The minimum absolute atomic E-state index is 0.0657. The van der Waals surface area contributed by atoms with Gasteiger partial charge in [0.25, 0.3) is 5.69 Å². The van der Waals surface area contributed by atoms with E-state index in [-0.39, 0.29) is 30.8 Å². The number of alkyl carbamates (subject to hydrolysis) is 1. The Labute approximate surface area is 167 Å². The van der Waals surface area contributed by atoms with Crippen molar-refractivity contribution in [1.29, 1.82) is 0 Å². The normalized spacial score (nSPS) is 12.3. The van der Waals surface area contributed by atoms with Gasteiger partial charge in [0.15, 0.2) is 11.6 Å². The van der Waals surface area contributed by atoms with Gasteiger partial charge in [0.2, 0.25) is 0 Å². The minimum Gasteiger partial charge on any atom is -0.444 e. The number of rotatable bonds is 7. The summed E-state index contributed by atoms with van der Waals surface area (Å²) in [5.41, 5.74) is 0.130. The van der Waals surface area contributed by atoms with Crippen LogP contribution in [0.2, 0.25) is 0 Å². The lowest BCUT2D eigenvalue weighted by Crippen LogP contribution is -2.39. The Morgan fingerprint density at radius 3 is 2.52 bits per heavy atom. The number of hydrogen-bond acceptors (Lipinski definition) is 7. The Hall–Kier alpha value is -3.14. The molecule has 0 unspecified atom stereocenters. The van der Waals surface area contributed by atoms with Crippen LogP contribution in [0.3, 0.4) is 0 Å². The average molecular weight is 406 g/mol. The third-order valence-electron chi connectivity index (χ3n) is 3.47. The summed E-state index contributed by atoms with van der Waals surface area (Å²) in [7, 11) is 0. The van der Waals surface area contributed by atoms with E-state index < -0.39 is 22.4 Å². The fourth-order valence-corrected chi connectivity index (χ4v) is 2.36. The second-order valence-corrected chi connectivity index (χ2v) is 7.43. The van der Waals surface area contributed by atoms with Crippen molar-refractivity contribution in [2.24, 2.45) is 0 Å². The quantitative estimate of drug-likeness (QED) is 0.551. The van der Waals surface area contributed by atoms with E-state index in [1.54, 1.807) is 33.8 Å². The van der Waals surface area contributed by atoms with E-state index in [2.05, 4.69) is 15.3 Å². The molecule has 0 radical (unpaired) electrons. The highest BCUT2D eigenvalue weighted by atomic mass is 19.1. The number of ether oxygens (including phenoxy) is 2. The van der Waals surface area contributed by atoms with E-state index in [1.807, 2.05) is 0 Å². The molecule has 1 N–H and O–H groups in total. The smallest absolute Gasteiger partial charge is 0.407 e. The molecule has 29 heavy (non-hydrogen) atoms. The van der Waals surface area contributed by atoms with Crippen molar-refractivity contribution in [3.63, 3.8) is 0 Å². The lowest BCUT2D eigenvalue weighted by molar-refractivity contribution is -0.384. The van der Waals surface area contributed by atoms with Crippen LogP contribution < -0.4 is 5.32 Å². The van der Waals surface area contributed by atoms with Gasteiger partial charge in [-0.1, -0.05) is 0 Å².